The highest BCUT2D eigenvalue weighted by Gasteiger charge is 2.26. The van der Waals surface area contributed by atoms with Crippen molar-refractivity contribution in [2.45, 2.75) is 32.1 Å². The maximum Gasteiger partial charge on any atom is 0.165 e. The van der Waals surface area contributed by atoms with Crippen molar-refractivity contribution in [1.29, 1.82) is 0 Å². The van der Waals surface area contributed by atoms with Gasteiger partial charge in [0.05, 0.1) is 13.8 Å². The molecule has 4 heteroatoms. The molecule has 1 fully saturated rings. The van der Waals surface area contributed by atoms with Crippen LogP contribution in [0.25, 0.3) is 11.1 Å². The number of rotatable bonds is 8. The van der Waals surface area contributed by atoms with Crippen molar-refractivity contribution in [2.24, 2.45) is 5.92 Å². The van der Waals surface area contributed by atoms with Gasteiger partial charge in [-0.1, -0.05) is 60.7 Å². The Hall–Kier alpha value is -2.98. The van der Waals surface area contributed by atoms with Crippen LogP contribution in [-0.4, -0.2) is 38.3 Å². The summed E-state index contributed by atoms with van der Waals surface area (Å²) in [6, 6.07) is 22.7. The minimum absolute atomic E-state index is 0.231. The second-order valence-electron chi connectivity index (χ2n) is 9.75. The molecule has 0 aromatic heterocycles. The first-order chi connectivity index (χ1) is 17.2. The lowest BCUT2D eigenvalue weighted by atomic mass is 9.86. The van der Waals surface area contributed by atoms with E-state index in [0.29, 0.717) is 18.1 Å². The highest BCUT2D eigenvalue weighted by molar-refractivity contribution is 6.00. The van der Waals surface area contributed by atoms with E-state index in [4.69, 9.17) is 4.74 Å². The molecule has 0 radical (unpaired) electrons. The van der Waals surface area contributed by atoms with Crippen LogP contribution in [0.3, 0.4) is 0 Å². The third-order valence-corrected chi connectivity index (χ3v) is 7.37. The summed E-state index contributed by atoms with van der Waals surface area (Å²) in [5.74, 6) is 0.634. The molecular weight excluding hydrogens is 440 g/mol. The van der Waals surface area contributed by atoms with Gasteiger partial charge >= 0.3 is 0 Å². The van der Waals surface area contributed by atoms with E-state index in [-0.39, 0.29) is 12.5 Å². The van der Waals surface area contributed by atoms with Gasteiger partial charge in [0.15, 0.2) is 11.6 Å². The minimum atomic E-state index is -0.328. The molecule has 35 heavy (non-hydrogen) atoms. The number of aryl methyl sites for hydroxylation is 1. The van der Waals surface area contributed by atoms with Crippen LogP contribution < -0.4 is 4.74 Å². The molecule has 0 saturated carbocycles. The van der Waals surface area contributed by atoms with Crippen molar-refractivity contribution in [1.82, 2.24) is 4.90 Å². The lowest BCUT2D eigenvalue weighted by Crippen LogP contribution is -2.47. The standard InChI is InChI=1S/C31H33F2NO/c1-35-31-28(11-5-12-29(31)33)27-10-4-8-24-7-2-3-9-26(24)30(27)25-15-13-22(14-16-25)19-23-20-34(21-23)18-6-17-32/h2-3,5,7,9,11-16,23H,4,6,8,10,17-21H2,1H3. The molecule has 3 aromatic carbocycles. The van der Waals surface area contributed by atoms with E-state index in [1.54, 1.807) is 13.2 Å². The van der Waals surface area contributed by atoms with Crippen molar-refractivity contribution in [3.8, 4) is 5.75 Å². The SMILES string of the molecule is COc1c(F)cccc1C1=C(c2ccc(CC3CN(CCCF)C3)cc2)c2ccccc2CCC1. The average Bonchev–Trinajstić information content (AvgIpc) is 3.05. The van der Waals surface area contributed by atoms with E-state index >= 15 is 0 Å². The van der Waals surface area contributed by atoms with Crippen molar-refractivity contribution in [3.63, 3.8) is 0 Å². The molecule has 1 heterocycles. The zero-order valence-corrected chi connectivity index (χ0v) is 20.4. The normalized spacial score (nSPS) is 16.5. The van der Waals surface area contributed by atoms with Gasteiger partial charge in [-0.15, -0.1) is 0 Å². The molecule has 2 nitrogen and oxygen atoms in total. The second kappa shape index (κ2) is 10.7. The molecule has 1 aliphatic carbocycles. The maximum atomic E-state index is 14.7. The molecule has 0 atom stereocenters. The Morgan fingerprint density at radius 2 is 1.69 bits per heavy atom. The van der Waals surface area contributed by atoms with Gasteiger partial charge in [-0.25, -0.2) is 4.39 Å². The molecular formula is C31H33F2NO. The van der Waals surface area contributed by atoms with Crippen molar-refractivity contribution in [2.75, 3.05) is 33.4 Å². The summed E-state index contributed by atoms with van der Waals surface area (Å²) in [5, 5.41) is 0. The molecule has 0 unspecified atom stereocenters. The Labute approximate surface area is 207 Å². The number of benzene rings is 3. The van der Waals surface area contributed by atoms with Crippen LogP contribution in [0.15, 0.2) is 66.7 Å². The largest absolute Gasteiger partial charge is 0.493 e. The van der Waals surface area contributed by atoms with E-state index < -0.39 is 0 Å². The third-order valence-electron chi connectivity index (χ3n) is 7.37. The number of methoxy groups -OCH3 is 1. The van der Waals surface area contributed by atoms with Crippen LogP contribution in [0.2, 0.25) is 0 Å². The van der Waals surface area contributed by atoms with Crippen LogP contribution in [-0.2, 0) is 12.8 Å². The highest BCUT2D eigenvalue weighted by Crippen LogP contribution is 2.43. The third kappa shape index (κ3) is 5.04. The number of halogens is 2. The summed E-state index contributed by atoms with van der Waals surface area (Å²) in [6.45, 7) is 2.75. The number of fused-ring (bicyclic) bond motifs is 1. The van der Waals surface area contributed by atoms with Gasteiger partial charge in [0.1, 0.15) is 0 Å². The van der Waals surface area contributed by atoms with Crippen LogP contribution in [0.4, 0.5) is 8.78 Å². The minimum Gasteiger partial charge on any atom is -0.493 e. The molecule has 0 spiro atoms. The first kappa shape index (κ1) is 23.7. The smallest absolute Gasteiger partial charge is 0.165 e. The Morgan fingerprint density at radius 1 is 0.914 bits per heavy atom. The Bertz CT molecular complexity index is 1190. The molecule has 3 aromatic rings. The van der Waals surface area contributed by atoms with Gasteiger partial charge in [-0.2, -0.15) is 0 Å². The van der Waals surface area contributed by atoms with Crippen molar-refractivity contribution >= 4 is 11.1 Å². The van der Waals surface area contributed by atoms with Crippen LogP contribution in [0, 0.1) is 11.7 Å². The Kier molecular flexibility index (Phi) is 7.29. The fraction of sp³-hybridized carbons (Fsp3) is 0.355. The van der Waals surface area contributed by atoms with E-state index in [0.717, 1.165) is 62.0 Å². The molecule has 1 saturated heterocycles. The number of alkyl halides is 1. The number of likely N-dealkylation sites (tertiary alicyclic amines) is 1. The maximum absolute atomic E-state index is 14.7. The molecule has 0 N–H and O–H groups in total. The summed E-state index contributed by atoms with van der Waals surface area (Å²) in [6.07, 6.45) is 4.55. The van der Waals surface area contributed by atoms with E-state index in [9.17, 15) is 8.78 Å². The summed E-state index contributed by atoms with van der Waals surface area (Å²) in [4.78, 5) is 2.34. The number of allylic oxidation sites excluding steroid dienone is 1. The van der Waals surface area contributed by atoms with Gasteiger partial charge in [-0.3, -0.25) is 4.39 Å². The van der Waals surface area contributed by atoms with Crippen molar-refractivity contribution < 1.29 is 13.5 Å². The summed E-state index contributed by atoms with van der Waals surface area (Å²) in [5.41, 5.74) is 8.20. The molecule has 1 aliphatic heterocycles. The van der Waals surface area contributed by atoms with Gasteiger partial charge in [-0.05, 0) is 77.5 Å². The van der Waals surface area contributed by atoms with Crippen molar-refractivity contribution in [3.05, 3.63) is 100 Å². The van der Waals surface area contributed by atoms with Gasteiger partial charge < -0.3 is 9.64 Å². The lowest BCUT2D eigenvalue weighted by Gasteiger charge is -2.39. The number of nitrogens with zero attached hydrogens (tertiary/aromatic N) is 1. The number of para-hydroxylation sites is 1. The molecule has 5 rings (SSSR count). The van der Waals surface area contributed by atoms with E-state index in [1.165, 1.54) is 28.3 Å². The zero-order valence-electron chi connectivity index (χ0n) is 20.4. The lowest BCUT2D eigenvalue weighted by molar-refractivity contribution is 0.0968. The van der Waals surface area contributed by atoms with Crippen LogP contribution in [0.1, 0.15) is 47.1 Å². The fourth-order valence-electron chi connectivity index (χ4n) is 5.69. The first-order valence-corrected chi connectivity index (χ1v) is 12.7. The van der Waals surface area contributed by atoms with Crippen LogP contribution >= 0.6 is 0 Å². The molecule has 182 valence electrons. The Balaban J connectivity index is 1.49. The number of hydrogen-bond donors (Lipinski definition) is 0. The van der Waals surface area contributed by atoms with Gasteiger partial charge in [0.2, 0.25) is 0 Å². The zero-order chi connectivity index (χ0) is 24.2. The monoisotopic (exact) mass is 473 g/mol. The number of hydrogen-bond acceptors (Lipinski definition) is 2. The quantitative estimate of drug-likeness (QED) is 0.351. The summed E-state index contributed by atoms with van der Waals surface area (Å²) >= 11 is 0. The van der Waals surface area contributed by atoms with Crippen LogP contribution in [0.5, 0.6) is 5.75 Å². The topological polar surface area (TPSA) is 12.5 Å². The fourth-order valence-corrected chi connectivity index (χ4v) is 5.69. The highest BCUT2D eigenvalue weighted by atomic mass is 19.1. The second-order valence-corrected chi connectivity index (χ2v) is 9.75. The summed E-state index contributed by atoms with van der Waals surface area (Å²) in [7, 11) is 1.54. The van der Waals surface area contributed by atoms with Gasteiger partial charge in [0, 0.05) is 25.2 Å². The molecule has 0 bridgehead atoms. The van der Waals surface area contributed by atoms with Gasteiger partial charge in [0.25, 0.3) is 0 Å². The van der Waals surface area contributed by atoms with E-state index in [2.05, 4.69) is 53.4 Å². The average molecular weight is 474 g/mol. The molecule has 2 aliphatic rings. The van der Waals surface area contributed by atoms with E-state index in [1.807, 2.05) is 6.07 Å². The predicted octanol–water partition coefficient (Wildman–Crippen LogP) is 6.96. The first-order valence-electron chi connectivity index (χ1n) is 12.7. The molecule has 0 amide bonds. The predicted molar refractivity (Wildman–Crippen MR) is 139 cm³/mol. The number of ether oxygens (including phenoxy) is 1. The summed E-state index contributed by atoms with van der Waals surface area (Å²) < 4.78 is 32.6. The Morgan fingerprint density at radius 3 is 2.46 bits per heavy atom.